The maximum atomic E-state index is 13.0. The summed E-state index contributed by atoms with van der Waals surface area (Å²) in [5, 5.41) is 9.19. The molecule has 0 spiro atoms. The number of nitrogens with zero attached hydrogens (tertiary/aromatic N) is 4. The predicted octanol–water partition coefficient (Wildman–Crippen LogP) is 3.23. The first-order valence-corrected chi connectivity index (χ1v) is 8.96. The smallest absolute Gasteiger partial charge is 0.123 e. The summed E-state index contributed by atoms with van der Waals surface area (Å²) < 4.78 is 15.0. The zero-order valence-corrected chi connectivity index (χ0v) is 14.8. The van der Waals surface area contributed by atoms with Gasteiger partial charge in [0, 0.05) is 38.9 Å². The third kappa shape index (κ3) is 4.68. The van der Waals surface area contributed by atoms with E-state index in [0.29, 0.717) is 0 Å². The van der Waals surface area contributed by atoms with E-state index in [-0.39, 0.29) is 5.82 Å². The zero-order valence-electron chi connectivity index (χ0n) is 14.8. The van der Waals surface area contributed by atoms with Gasteiger partial charge in [-0.25, -0.2) is 4.39 Å². The quantitative estimate of drug-likeness (QED) is 0.838. The van der Waals surface area contributed by atoms with Crippen molar-refractivity contribution in [2.45, 2.75) is 33.0 Å². The Morgan fingerprint density at radius 2 is 1.64 bits per heavy atom. The standard InChI is InChI=1S/C20H25FN4/c1-2-25-16-18(12-20(25)13-22)15-24-9-3-8-23(10-11-24)14-17-4-6-19(21)7-5-17/h4-7,12,16H,2-3,8-11,14-15H2,1H3. The van der Waals surface area contributed by atoms with Crippen LogP contribution in [0.25, 0.3) is 0 Å². The SMILES string of the molecule is CCn1cc(CN2CCCN(Cc3ccc(F)cc3)CC2)cc1C#N. The average molecular weight is 340 g/mol. The van der Waals surface area contributed by atoms with Gasteiger partial charge >= 0.3 is 0 Å². The highest BCUT2D eigenvalue weighted by atomic mass is 19.1. The lowest BCUT2D eigenvalue weighted by molar-refractivity contribution is 0.247. The molecule has 0 bridgehead atoms. The molecule has 4 nitrogen and oxygen atoms in total. The Labute approximate surface area is 149 Å². The van der Waals surface area contributed by atoms with Gasteiger partial charge in [0.15, 0.2) is 0 Å². The molecule has 0 amide bonds. The summed E-state index contributed by atoms with van der Waals surface area (Å²) in [4.78, 5) is 4.90. The van der Waals surface area contributed by atoms with Crippen LogP contribution in [0.5, 0.6) is 0 Å². The summed E-state index contributed by atoms with van der Waals surface area (Å²) in [6, 6.07) is 11.1. The van der Waals surface area contributed by atoms with Crippen LogP contribution >= 0.6 is 0 Å². The molecule has 0 atom stereocenters. The lowest BCUT2D eigenvalue weighted by Crippen LogP contribution is -2.30. The number of nitriles is 1. The van der Waals surface area contributed by atoms with E-state index in [1.807, 2.05) is 22.8 Å². The van der Waals surface area contributed by atoms with Crippen LogP contribution in [-0.4, -0.2) is 40.5 Å². The van der Waals surface area contributed by atoms with Crippen LogP contribution in [0.1, 0.15) is 30.2 Å². The van der Waals surface area contributed by atoms with Gasteiger partial charge in [-0.3, -0.25) is 9.80 Å². The summed E-state index contributed by atoms with van der Waals surface area (Å²) in [5.74, 6) is -0.179. The summed E-state index contributed by atoms with van der Waals surface area (Å²) in [7, 11) is 0. The van der Waals surface area contributed by atoms with Gasteiger partial charge in [-0.2, -0.15) is 5.26 Å². The number of halogens is 1. The van der Waals surface area contributed by atoms with Crippen LogP contribution in [0.3, 0.4) is 0 Å². The van der Waals surface area contributed by atoms with E-state index < -0.39 is 0 Å². The molecule has 1 aliphatic heterocycles. The van der Waals surface area contributed by atoms with Gasteiger partial charge in [-0.15, -0.1) is 0 Å². The van der Waals surface area contributed by atoms with Gasteiger partial charge in [-0.05, 0) is 55.8 Å². The largest absolute Gasteiger partial charge is 0.339 e. The molecule has 1 aliphatic rings. The third-order valence-electron chi connectivity index (χ3n) is 4.82. The second kappa shape index (κ2) is 8.28. The van der Waals surface area contributed by atoms with E-state index in [1.54, 1.807) is 0 Å². The molecule has 1 aromatic heterocycles. The number of rotatable bonds is 5. The topological polar surface area (TPSA) is 35.2 Å². The highest BCUT2D eigenvalue weighted by Crippen LogP contribution is 2.14. The van der Waals surface area contributed by atoms with Crippen LogP contribution in [0, 0.1) is 17.1 Å². The minimum atomic E-state index is -0.179. The minimum Gasteiger partial charge on any atom is -0.339 e. The molecule has 0 radical (unpaired) electrons. The van der Waals surface area contributed by atoms with Crippen molar-refractivity contribution >= 4 is 0 Å². The Kier molecular flexibility index (Phi) is 5.85. The van der Waals surface area contributed by atoms with Crippen LogP contribution in [0.2, 0.25) is 0 Å². The van der Waals surface area contributed by atoms with Crippen LogP contribution in [0.15, 0.2) is 36.5 Å². The normalized spacial score (nSPS) is 16.5. The van der Waals surface area contributed by atoms with Gasteiger partial charge in [0.25, 0.3) is 0 Å². The predicted molar refractivity (Wildman–Crippen MR) is 96.4 cm³/mol. The molecule has 1 fully saturated rings. The van der Waals surface area contributed by atoms with Gasteiger partial charge < -0.3 is 4.57 Å². The van der Waals surface area contributed by atoms with Crippen molar-refractivity contribution in [2.75, 3.05) is 26.2 Å². The first-order valence-electron chi connectivity index (χ1n) is 8.96. The monoisotopic (exact) mass is 340 g/mol. The highest BCUT2D eigenvalue weighted by Gasteiger charge is 2.16. The summed E-state index contributed by atoms with van der Waals surface area (Å²) in [6.45, 7) is 8.81. The molecule has 132 valence electrons. The molecule has 0 saturated carbocycles. The maximum Gasteiger partial charge on any atom is 0.123 e. The molecule has 0 N–H and O–H groups in total. The van der Waals surface area contributed by atoms with Crippen LogP contribution in [-0.2, 0) is 19.6 Å². The Hall–Kier alpha value is -2.16. The third-order valence-corrected chi connectivity index (χ3v) is 4.82. The number of benzene rings is 1. The fourth-order valence-electron chi connectivity index (χ4n) is 3.46. The van der Waals surface area contributed by atoms with Crippen LogP contribution in [0.4, 0.5) is 4.39 Å². The molecule has 0 aliphatic carbocycles. The summed E-state index contributed by atoms with van der Waals surface area (Å²) in [6.07, 6.45) is 3.22. The van der Waals surface area contributed by atoms with Crippen molar-refractivity contribution in [1.82, 2.24) is 14.4 Å². The van der Waals surface area contributed by atoms with Crippen LogP contribution < -0.4 is 0 Å². The molecular weight excluding hydrogens is 315 g/mol. The highest BCUT2D eigenvalue weighted by molar-refractivity contribution is 5.28. The lowest BCUT2D eigenvalue weighted by atomic mass is 10.2. The number of hydrogen-bond donors (Lipinski definition) is 0. The Bertz CT molecular complexity index is 729. The summed E-state index contributed by atoms with van der Waals surface area (Å²) in [5.41, 5.74) is 3.11. The van der Waals surface area contributed by atoms with E-state index in [0.717, 1.165) is 63.5 Å². The van der Waals surface area contributed by atoms with E-state index in [4.69, 9.17) is 0 Å². The van der Waals surface area contributed by atoms with E-state index in [9.17, 15) is 9.65 Å². The van der Waals surface area contributed by atoms with Crippen molar-refractivity contribution in [3.05, 3.63) is 59.2 Å². The van der Waals surface area contributed by atoms with E-state index in [2.05, 4.69) is 29.0 Å². The number of aromatic nitrogens is 1. The Morgan fingerprint density at radius 1 is 1.00 bits per heavy atom. The maximum absolute atomic E-state index is 13.0. The molecule has 1 saturated heterocycles. The Morgan fingerprint density at radius 3 is 2.20 bits per heavy atom. The molecule has 2 heterocycles. The van der Waals surface area contributed by atoms with Crippen molar-refractivity contribution in [3.63, 3.8) is 0 Å². The zero-order chi connectivity index (χ0) is 17.6. The minimum absolute atomic E-state index is 0.179. The molecule has 3 rings (SSSR count). The number of hydrogen-bond acceptors (Lipinski definition) is 3. The first kappa shape index (κ1) is 17.7. The van der Waals surface area contributed by atoms with Crippen molar-refractivity contribution in [3.8, 4) is 6.07 Å². The van der Waals surface area contributed by atoms with E-state index >= 15 is 0 Å². The molecule has 5 heteroatoms. The lowest BCUT2D eigenvalue weighted by Gasteiger charge is -2.21. The van der Waals surface area contributed by atoms with Crippen molar-refractivity contribution < 1.29 is 4.39 Å². The second-order valence-corrected chi connectivity index (χ2v) is 6.66. The van der Waals surface area contributed by atoms with Crippen molar-refractivity contribution in [1.29, 1.82) is 5.26 Å². The van der Waals surface area contributed by atoms with Crippen molar-refractivity contribution in [2.24, 2.45) is 0 Å². The Balaban J connectivity index is 1.55. The molecule has 0 unspecified atom stereocenters. The fourth-order valence-corrected chi connectivity index (χ4v) is 3.46. The van der Waals surface area contributed by atoms with Gasteiger partial charge in [0.05, 0.1) is 0 Å². The molecular formula is C20H25FN4. The second-order valence-electron chi connectivity index (χ2n) is 6.66. The molecule has 2 aromatic rings. The van der Waals surface area contributed by atoms with Gasteiger partial charge in [0.2, 0.25) is 0 Å². The van der Waals surface area contributed by atoms with E-state index in [1.165, 1.54) is 17.7 Å². The van der Waals surface area contributed by atoms with Gasteiger partial charge in [-0.1, -0.05) is 12.1 Å². The fraction of sp³-hybridized carbons (Fsp3) is 0.450. The molecule has 1 aromatic carbocycles. The average Bonchev–Trinajstić information content (AvgIpc) is 2.89. The number of aryl methyl sites for hydroxylation is 1. The summed E-state index contributed by atoms with van der Waals surface area (Å²) >= 11 is 0. The van der Waals surface area contributed by atoms with Gasteiger partial charge in [0.1, 0.15) is 17.6 Å². The first-order chi connectivity index (χ1) is 12.2. The molecule has 25 heavy (non-hydrogen) atoms.